The summed E-state index contributed by atoms with van der Waals surface area (Å²) in [4.78, 5) is 12.2. The second-order valence-corrected chi connectivity index (χ2v) is 5.41. The Kier molecular flexibility index (Phi) is 5.26. The highest BCUT2D eigenvalue weighted by Gasteiger charge is 2.15. The van der Waals surface area contributed by atoms with E-state index in [1.807, 2.05) is 32.0 Å². The number of hydrogen-bond donors (Lipinski definition) is 1. The van der Waals surface area contributed by atoms with Crippen molar-refractivity contribution in [1.29, 1.82) is 0 Å². The van der Waals surface area contributed by atoms with Crippen LogP contribution in [-0.4, -0.2) is 17.0 Å². The zero-order valence-corrected chi connectivity index (χ0v) is 13.1. The van der Waals surface area contributed by atoms with Gasteiger partial charge in [0.2, 0.25) is 0 Å². The number of nitrogens with zero attached hydrogens (tertiary/aromatic N) is 1. The van der Waals surface area contributed by atoms with Crippen molar-refractivity contribution in [3.63, 3.8) is 0 Å². The summed E-state index contributed by atoms with van der Waals surface area (Å²) in [5.41, 5.74) is 2.81. The van der Waals surface area contributed by atoms with Crippen LogP contribution in [0.1, 0.15) is 53.7 Å². The van der Waals surface area contributed by atoms with Crippen molar-refractivity contribution in [1.82, 2.24) is 9.88 Å². The van der Waals surface area contributed by atoms with Crippen LogP contribution in [0, 0.1) is 13.8 Å². The van der Waals surface area contributed by atoms with Gasteiger partial charge in [-0.05, 0) is 38.5 Å². The summed E-state index contributed by atoms with van der Waals surface area (Å²) in [5.74, 6) is 0.914. The topological polar surface area (TPSA) is 47.2 Å². The third-order valence-electron chi connectivity index (χ3n) is 3.78. The number of aryl methyl sites for hydroxylation is 1. The van der Waals surface area contributed by atoms with E-state index in [9.17, 15) is 4.79 Å². The van der Waals surface area contributed by atoms with Gasteiger partial charge in [-0.1, -0.05) is 19.8 Å². The molecule has 4 nitrogen and oxygen atoms in total. The van der Waals surface area contributed by atoms with Gasteiger partial charge in [0, 0.05) is 17.9 Å². The Hall–Kier alpha value is -1.97. The summed E-state index contributed by atoms with van der Waals surface area (Å²) in [6, 6.07) is 5.78. The number of unbranched alkanes of at least 4 members (excludes halogenated alkanes) is 2. The molecule has 2 rings (SSSR count). The fourth-order valence-corrected chi connectivity index (χ4v) is 2.50. The number of amides is 1. The average molecular weight is 288 g/mol. The first-order valence-corrected chi connectivity index (χ1v) is 7.60. The molecule has 0 radical (unpaired) electrons. The van der Waals surface area contributed by atoms with E-state index in [0.717, 1.165) is 48.5 Å². The van der Waals surface area contributed by atoms with Gasteiger partial charge >= 0.3 is 0 Å². The Balaban J connectivity index is 2.05. The Morgan fingerprint density at radius 3 is 2.81 bits per heavy atom. The lowest BCUT2D eigenvalue weighted by atomic mass is 10.2. The molecule has 0 spiro atoms. The van der Waals surface area contributed by atoms with Gasteiger partial charge in [0.1, 0.15) is 5.76 Å². The largest absolute Gasteiger partial charge is 0.467 e. The molecular formula is C17H24N2O2. The van der Waals surface area contributed by atoms with E-state index in [0.29, 0.717) is 6.54 Å². The maximum absolute atomic E-state index is 12.2. The van der Waals surface area contributed by atoms with Crippen LogP contribution in [0.2, 0.25) is 0 Å². The lowest BCUT2D eigenvalue weighted by molar-refractivity contribution is 0.0952. The highest BCUT2D eigenvalue weighted by molar-refractivity contribution is 5.95. The monoisotopic (exact) mass is 288 g/mol. The summed E-state index contributed by atoms with van der Waals surface area (Å²) in [6.07, 6.45) is 5.02. The van der Waals surface area contributed by atoms with Crippen molar-refractivity contribution in [2.24, 2.45) is 0 Å². The van der Waals surface area contributed by atoms with Gasteiger partial charge in [-0.3, -0.25) is 4.79 Å². The Morgan fingerprint density at radius 1 is 1.33 bits per heavy atom. The van der Waals surface area contributed by atoms with E-state index in [-0.39, 0.29) is 5.91 Å². The van der Waals surface area contributed by atoms with E-state index in [1.54, 1.807) is 6.26 Å². The van der Waals surface area contributed by atoms with E-state index < -0.39 is 0 Å². The molecule has 2 aromatic rings. The molecular weight excluding hydrogens is 264 g/mol. The van der Waals surface area contributed by atoms with Crippen LogP contribution in [0.4, 0.5) is 0 Å². The minimum Gasteiger partial charge on any atom is -0.467 e. The fraction of sp³-hybridized carbons (Fsp3) is 0.471. The number of hydrogen-bond acceptors (Lipinski definition) is 2. The molecule has 21 heavy (non-hydrogen) atoms. The molecule has 2 aromatic heterocycles. The second-order valence-electron chi connectivity index (χ2n) is 5.41. The van der Waals surface area contributed by atoms with E-state index in [2.05, 4.69) is 16.8 Å². The lowest BCUT2D eigenvalue weighted by Crippen LogP contribution is -2.24. The maximum atomic E-state index is 12.2. The van der Waals surface area contributed by atoms with Crippen LogP contribution in [-0.2, 0) is 6.54 Å². The molecule has 0 aliphatic carbocycles. The summed E-state index contributed by atoms with van der Waals surface area (Å²) < 4.78 is 7.50. The number of aromatic nitrogens is 1. The van der Waals surface area contributed by atoms with Crippen molar-refractivity contribution in [2.45, 2.75) is 46.6 Å². The summed E-state index contributed by atoms with van der Waals surface area (Å²) in [6.45, 7) is 7.56. The molecule has 0 unspecified atom stereocenters. The molecule has 0 saturated carbocycles. The first-order valence-electron chi connectivity index (χ1n) is 7.60. The van der Waals surface area contributed by atoms with E-state index in [1.165, 1.54) is 0 Å². The van der Waals surface area contributed by atoms with Crippen LogP contribution in [0.3, 0.4) is 0 Å². The predicted octanol–water partition coefficient (Wildman–Crippen LogP) is 3.67. The zero-order chi connectivity index (χ0) is 15.2. The van der Waals surface area contributed by atoms with Crippen molar-refractivity contribution in [3.05, 3.63) is 47.2 Å². The SMILES string of the molecule is CCCCCNC(=O)c1cc(C)n(Cc2ccco2)c1C. The van der Waals surface area contributed by atoms with Crippen LogP contribution in [0.5, 0.6) is 0 Å². The molecule has 1 amide bonds. The minimum atomic E-state index is 0.0184. The zero-order valence-electron chi connectivity index (χ0n) is 13.1. The minimum absolute atomic E-state index is 0.0184. The van der Waals surface area contributed by atoms with Gasteiger partial charge in [-0.15, -0.1) is 0 Å². The third-order valence-corrected chi connectivity index (χ3v) is 3.78. The molecule has 0 aliphatic rings. The standard InChI is InChI=1S/C17H24N2O2/c1-4-5-6-9-18-17(20)16-11-13(2)19(14(16)3)12-15-8-7-10-21-15/h7-8,10-11H,4-6,9,12H2,1-3H3,(H,18,20). The van der Waals surface area contributed by atoms with Crippen LogP contribution < -0.4 is 5.32 Å². The molecule has 2 heterocycles. The number of rotatable bonds is 7. The van der Waals surface area contributed by atoms with Gasteiger partial charge in [0.05, 0.1) is 18.4 Å². The summed E-state index contributed by atoms with van der Waals surface area (Å²) in [5, 5.41) is 3.00. The predicted molar refractivity (Wildman–Crippen MR) is 83.6 cm³/mol. The van der Waals surface area contributed by atoms with E-state index in [4.69, 9.17) is 4.42 Å². The van der Waals surface area contributed by atoms with Gasteiger partial charge in [-0.2, -0.15) is 0 Å². The van der Waals surface area contributed by atoms with Gasteiger partial charge in [0.25, 0.3) is 5.91 Å². The van der Waals surface area contributed by atoms with Crippen molar-refractivity contribution in [3.8, 4) is 0 Å². The molecule has 0 aliphatic heterocycles. The highest BCUT2D eigenvalue weighted by Crippen LogP contribution is 2.17. The molecule has 1 N–H and O–H groups in total. The van der Waals surface area contributed by atoms with Crippen LogP contribution >= 0.6 is 0 Å². The highest BCUT2D eigenvalue weighted by atomic mass is 16.3. The number of carbonyl (C=O) groups excluding carboxylic acids is 1. The van der Waals surface area contributed by atoms with Crippen LogP contribution in [0.25, 0.3) is 0 Å². The fourth-order valence-electron chi connectivity index (χ4n) is 2.50. The molecule has 0 saturated heterocycles. The third kappa shape index (κ3) is 3.78. The Bertz CT molecular complexity index is 582. The quantitative estimate of drug-likeness (QED) is 0.790. The second kappa shape index (κ2) is 7.16. The smallest absolute Gasteiger partial charge is 0.253 e. The average Bonchev–Trinajstić information content (AvgIpc) is 3.07. The van der Waals surface area contributed by atoms with Gasteiger partial charge in [0.15, 0.2) is 0 Å². The van der Waals surface area contributed by atoms with Crippen LogP contribution in [0.15, 0.2) is 28.9 Å². The van der Waals surface area contributed by atoms with Crippen molar-refractivity contribution >= 4 is 5.91 Å². The maximum Gasteiger partial charge on any atom is 0.253 e. The summed E-state index contributed by atoms with van der Waals surface area (Å²) >= 11 is 0. The number of nitrogens with one attached hydrogen (secondary N) is 1. The van der Waals surface area contributed by atoms with Gasteiger partial charge < -0.3 is 14.3 Å². The van der Waals surface area contributed by atoms with Crippen molar-refractivity contribution < 1.29 is 9.21 Å². The number of carbonyl (C=O) groups is 1. The first-order chi connectivity index (χ1) is 10.1. The number of furan rings is 1. The molecule has 0 bridgehead atoms. The molecule has 0 fully saturated rings. The molecule has 114 valence electrons. The Morgan fingerprint density at radius 2 is 2.14 bits per heavy atom. The van der Waals surface area contributed by atoms with Crippen molar-refractivity contribution in [2.75, 3.05) is 6.54 Å². The molecule has 0 aromatic carbocycles. The Labute approximate surface area is 126 Å². The lowest BCUT2D eigenvalue weighted by Gasteiger charge is -2.08. The van der Waals surface area contributed by atoms with Gasteiger partial charge in [-0.25, -0.2) is 0 Å². The van der Waals surface area contributed by atoms with E-state index >= 15 is 0 Å². The first kappa shape index (κ1) is 15.4. The molecule has 0 atom stereocenters. The summed E-state index contributed by atoms with van der Waals surface area (Å²) in [7, 11) is 0. The molecule has 4 heteroatoms. The normalized spacial score (nSPS) is 10.8.